The van der Waals surface area contributed by atoms with Crippen molar-refractivity contribution in [3.8, 4) is 0 Å². The largest absolute Gasteiger partial charge is 0.329 e. The van der Waals surface area contributed by atoms with Crippen LogP contribution in [-0.2, 0) is 11.3 Å². The number of carbonyl (C=O) groups is 1. The van der Waals surface area contributed by atoms with Crippen molar-refractivity contribution in [1.82, 2.24) is 4.90 Å². The Morgan fingerprint density at radius 2 is 1.85 bits per heavy atom. The van der Waals surface area contributed by atoms with E-state index in [1.807, 2.05) is 18.2 Å². The van der Waals surface area contributed by atoms with E-state index < -0.39 is 18.3 Å². The molecule has 1 rings (SSSR count). The quantitative estimate of drug-likeness (QED) is 0.663. The van der Waals surface area contributed by atoms with Gasteiger partial charge in [0.1, 0.15) is 0 Å². The summed E-state index contributed by atoms with van der Waals surface area (Å²) in [6.45, 7) is 7.15. The van der Waals surface area contributed by atoms with E-state index in [9.17, 15) is 13.6 Å². The molecule has 0 aliphatic heterocycles. The van der Waals surface area contributed by atoms with Crippen molar-refractivity contribution >= 4 is 5.91 Å². The van der Waals surface area contributed by atoms with E-state index in [2.05, 4.69) is 13.2 Å². The number of benzene rings is 1. The Morgan fingerprint density at radius 1 is 1.20 bits per heavy atom. The molecule has 1 amide bonds. The lowest BCUT2D eigenvalue weighted by molar-refractivity contribution is -0.158. The zero-order chi connectivity index (χ0) is 15.0. The molecule has 0 fully saturated rings. The molecule has 1 aromatic rings. The number of hydrogen-bond donors (Lipinski definition) is 0. The summed E-state index contributed by atoms with van der Waals surface area (Å²) in [6, 6.07) is 9.04. The lowest BCUT2D eigenvalue weighted by atomic mass is 10.1. The Labute approximate surface area is 118 Å². The summed E-state index contributed by atoms with van der Waals surface area (Å²) in [5, 5.41) is 0. The molecule has 0 saturated heterocycles. The van der Waals surface area contributed by atoms with Gasteiger partial charge in [-0.15, -0.1) is 13.2 Å². The van der Waals surface area contributed by atoms with Crippen LogP contribution in [0.1, 0.15) is 18.4 Å². The Balaban J connectivity index is 2.81. The SMILES string of the molecule is C=CCCC(F)(F)C(=O)N(CC=C)Cc1ccccc1. The molecule has 4 heteroatoms. The van der Waals surface area contributed by atoms with E-state index in [-0.39, 0.29) is 19.5 Å². The molecule has 0 atom stereocenters. The van der Waals surface area contributed by atoms with Crippen molar-refractivity contribution in [3.05, 3.63) is 61.2 Å². The fourth-order valence-corrected chi connectivity index (χ4v) is 1.80. The smallest absolute Gasteiger partial charge is 0.325 e. The number of alkyl halides is 2. The van der Waals surface area contributed by atoms with Gasteiger partial charge in [0.2, 0.25) is 0 Å². The first kappa shape index (κ1) is 16.1. The van der Waals surface area contributed by atoms with Crippen LogP contribution in [0.2, 0.25) is 0 Å². The van der Waals surface area contributed by atoms with Crippen LogP contribution in [-0.4, -0.2) is 23.3 Å². The summed E-state index contributed by atoms with van der Waals surface area (Å²) in [5.74, 6) is -4.53. The van der Waals surface area contributed by atoms with Gasteiger partial charge in [0.25, 0.3) is 5.91 Å². The number of amides is 1. The minimum atomic E-state index is -3.37. The van der Waals surface area contributed by atoms with Gasteiger partial charge in [-0.1, -0.05) is 42.5 Å². The average molecular weight is 279 g/mol. The number of nitrogens with zero attached hydrogens (tertiary/aromatic N) is 1. The predicted octanol–water partition coefficient (Wildman–Crippen LogP) is 3.80. The number of halogens is 2. The average Bonchev–Trinajstić information content (AvgIpc) is 2.45. The fourth-order valence-electron chi connectivity index (χ4n) is 1.80. The second kappa shape index (κ2) is 7.58. The van der Waals surface area contributed by atoms with E-state index in [0.29, 0.717) is 0 Å². The Kier molecular flexibility index (Phi) is 6.10. The van der Waals surface area contributed by atoms with E-state index in [0.717, 1.165) is 10.5 Å². The van der Waals surface area contributed by atoms with Gasteiger partial charge in [-0.3, -0.25) is 4.79 Å². The highest BCUT2D eigenvalue weighted by Crippen LogP contribution is 2.24. The van der Waals surface area contributed by atoms with Gasteiger partial charge in [0.15, 0.2) is 0 Å². The molecule has 2 nitrogen and oxygen atoms in total. The lowest BCUT2D eigenvalue weighted by Gasteiger charge is -2.26. The normalized spacial score (nSPS) is 10.9. The van der Waals surface area contributed by atoms with Crippen LogP contribution in [0.15, 0.2) is 55.6 Å². The van der Waals surface area contributed by atoms with Crippen LogP contribution in [0.25, 0.3) is 0 Å². The van der Waals surface area contributed by atoms with Gasteiger partial charge in [0.05, 0.1) is 0 Å². The Hall–Kier alpha value is -1.97. The van der Waals surface area contributed by atoms with Gasteiger partial charge in [-0.25, -0.2) is 0 Å². The molecule has 0 saturated carbocycles. The summed E-state index contributed by atoms with van der Waals surface area (Å²) in [5.41, 5.74) is 0.808. The molecular formula is C16H19F2NO. The Morgan fingerprint density at radius 3 is 2.40 bits per heavy atom. The third-order valence-electron chi connectivity index (χ3n) is 2.83. The first-order chi connectivity index (χ1) is 9.51. The summed E-state index contributed by atoms with van der Waals surface area (Å²) in [7, 11) is 0. The molecule has 0 radical (unpaired) electrons. The van der Waals surface area contributed by atoms with Crippen molar-refractivity contribution in [2.45, 2.75) is 25.3 Å². The number of rotatable bonds is 8. The van der Waals surface area contributed by atoms with Gasteiger partial charge in [-0.2, -0.15) is 8.78 Å². The van der Waals surface area contributed by atoms with Crippen molar-refractivity contribution in [3.63, 3.8) is 0 Å². The molecule has 0 spiro atoms. The summed E-state index contributed by atoms with van der Waals surface area (Å²) >= 11 is 0. The third kappa shape index (κ3) is 4.61. The molecule has 0 N–H and O–H groups in total. The molecule has 0 heterocycles. The van der Waals surface area contributed by atoms with E-state index in [4.69, 9.17) is 0 Å². The van der Waals surface area contributed by atoms with Crippen LogP contribution in [0, 0.1) is 0 Å². The maximum atomic E-state index is 13.8. The zero-order valence-electron chi connectivity index (χ0n) is 11.4. The first-order valence-electron chi connectivity index (χ1n) is 6.44. The standard InChI is InChI=1S/C16H19F2NO/c1-3-5-11-16(17,18)15(20)19(12-4-2)13-14-9-7-6-8-10-14/h3-4,6-10H,1-2,5,11-13H2. The molecule has 108 valence electrons. The number of allylic oxidation sites excluding steroid dienone is 1. The summed E-state index contributed by atoms with van der Waals surface area (Å²) in [4.78, 5) is 13.1. The highest BCUT2D eigenvalue weighted by atomic mass is 19.3. The second-order valence-electron chi connectivity index (χ2n) is 4.49. The van der Waals surface area contributed by atoms with Crippen LogP contribution >= 0.6 is 0 Å². The van der Waals surface area contributed by atoms with Crippen molar-refractivity contribution < 1.29 is 13.6 Å². The minimum absolute atomic E-state index is 0.0946. The molecule has 1 aromatic carbocycles. The molecule has 20 heavy (non-hydrogen) atoms. The first-order valence-corrected chi connectivity index (χ1v) is 6.44. The van der Waals surface area contributed by atoms with Gasteiger partial charge in [0, 0.05) is 19.5 Å². The molecule has 0 unspecified atom stereocenters. The maximum Gasteiger partial charge on any atom is 0.325 e. The fraction of sp³-hybridized carbons (Fsp3) is 0.312. The molecular weight excluding hydrogens is 260 g/mol. The third-order valence-corrected chi connectivity index (χ3v) is 2.83. The molecule has 0 bridgehead atoms. The zero-order valence-corrected chi connectivity index (χ0v) is 11.4. The van der Waals surface area contributed by atoms with E-state index in [1.54, 1.807) is 12.1 Å². The number of carbonyl (C=O) groups excluding carboxylic acids is 1. The van der Waals surface area contributed by atoms with Crippen molar-refractivity contribution in [1.29, 1.82) is 0 Å². The Bertz CT molecular complexity index is 457. The van der Waals surface area contributed by atoms with Gasteiger partial charge in [-0.05, 0) is 12.0 Å². The van der Waals surface area contributed by atoms with Crippen molar-refractivity contribution in [2.75, 3.05) is 6.54 Å². The topological polar surface area (TPSA) is 20.3 Å². The van der Waals surface area contributed by atoms with Crippen molar-refractivity contribution in [2.24, 2.45) is 0 Å². The van der Waals surface area contributed by atoms with Crippen LogP contribution in [0.4, 0.5) is 8.78 Å². The summed E-state index contributed by atoms with van der Waals surface area (Å²) < 4.78 is 27.6. The van der Waals surface area contributed by atoms with Gasteiger partial charge < -0.3 is 4.90 Å². The lowest BCUT2D eigenvalue weighted by Crippen LogP contribution is -2.43. The molecule has 0 aromatic heterocycles. The predicted molar refractivity (Wildman–Crippen MR) is 76.4 cm³/mol. The number of hydrogen-bond acceptors (Lipinski definition) is 1. The van der Waals surface area contributed by atoms with Gasteiger partial charge >= 0.3 is 5.92 Å². The highest BCUT2D eigenvalue weighted by Gasteiger charge is 2.40. The molecule has 0 aliphatic rings. The summed E-state index contributed by atoms with van der Waals surface area (Å²) in [6.07, 6.45) is 2.42. The second-order valence-corrected chi connectivity index (χ2v) is 4.49. The molecule has 0 aliphatic carbocycles. The minimum Gasteiger partial charge on any atom is -0.329 e. The van der Waals surface area contributed by atoms with Crippen LogP contribution < -0.4 is 0 Å². The maximum absolute atomic E-state index is 13.8. The highest BCUT2D eigenvalue weighted by molar-refractivity contribution is 5.83. The van der Waals surface area contributed by atoms with Crippen LogP contribution in [0.3, 0.4) is 0 Å². The van der Waals surface area contributed by atoms with E-state index >= 15 is 0 Å². The monoisotopic (exact) mass is 279 g/mol. The van der Waals surface area contributed by atoms with Crippen LogP contribution in [0.5, 0.6) is 0 Å². The van der Waals surface area contributed by atoms with E-state index in [1.165, 1.54) is 12.2 Å².